The molecule has 2 rings (SSSR count). The van der Waals surface area contributed by atoms with Gasteiger partial charge in [-0.05, 0) is 38.3 Å². The quantitative estimate of drug-likeness (QED) is 0.430. The predicted octanol–water partition coefficient (Wildman–Crippen LogP) is 3.34. The number of benzene rings is 1. The first-order chi connectivity index (χ1) is 7.71. The van der Waals surface area contributed by atoms with Crippen molar-refractivity contribution in [3.05, 3.63) is 42.5 Å². The van der Waals surface area contributed by atoms with Crippen LogP contribution in [0.15, 0.2) is 42.5 Å². The number of carbonyl (C=O) groups excluding carboxylic acids is 1. The second-order valence-electron chi connectivity index (χ2n) is 4.48. The van der Waals surface area contributed by atoms with Gasteiger partial charge in [0, 0.05) is 0 Å². The first-order valence-electron chi connectivity index (χ1n) is 5.63. The first-order valence-corrected chi connectivity index (χ1v) is 5.63. The Hall–Kier alpha value is -1.57. The van der Waals surface area contributed by atoms with E-state index in [1.807, 2.05) is 25.1 Å². The van der Waals surface area contributed by atoms with Crippen molar-refractivity contribution < 1.29 is 9.53 Å². The molecule has 0 fully saturated rings. The molecular formula is C14H16O2. The van der Waals surface area contributed by atoms with Crippen LogP contribution in [0.1, 0.15) is 26.2 Å². The minimum absolute atomic E-state index is 0.122. The maximum absolute atomic E-state index is 12.0. The van der Waals surface area contributed by atoms with Gasteiger partial charge in [-0.1, -0.05) is 30.4 Å². The second kappa shape index (κ2) is 4.52. The van der Waals surface area contributed by atoms with Crippen molar-refractivity contribution >= 4 is 5.97 Å². The van der Waals surface area contributed by atoms with Crippen molar-refractivity contribution in [2.45, 2.75) is 26.2 Å². The molecule has 0 spiro atoms. The third kappa shape index (κ3) is 2.32. The summed E-state index contributed by atoms with van der Waals surface area (Å²) in [5, 5.41) is 0. The molecule has 0 bridgehead atoms. The van der Waals surface area contributed by atoms with Crippen molar-refractivity contribution in [2.75, 3.05) is 0 Å². The summed E-state index contributed by atoms with van der Waals surface area (Å²) in [6.07, 6.45) is 6.79. The van der Waals surface area contributed by atoms with Crippen LogP contribution in [-0.4, -0.2) is 5.97 Å². The Balaban J connectivity index is 2.06. The maximum Gasteiger partial charge on any atom is 0.317 e. The van der Waals surface area contributed by atoms with Gasteiger partial charge in [0.15, 0.2) is 0 Å². The summed E-state index contributed by atoms with van der Waals surface area (Å²) in [6, 6.07) is 9.25. The molecule has 0 radical (unpaired) electrons. The molecule has 1 aliphatic carbocycles. The molecule has 0 N–H and O–H groups in total. The van der Waals surface area contributed by atoms with Crippen LogP contribution < -0.4 is 4.74 Å². The number of hydrogen-bond acceptors (Lipinski definition) is 2. The number of carbonyl (C=O) groups is 1. The standard InChI is InChI=1S/C14H16O2/c1-14(10-6-3-7-11-14)13(15)16-12-8-4-2-5-9-12/h2-6,8-9H,7,10-11H2,1H3. The van der Waals surface area contributed by atoms with Gasteiger partial charge in [-0.2, -0.15) is 0 Å². The number of hydrogen-bond donors (Lipinski definition) is 0. The monoisotopic (exact) mass is 216 g/mol. The second-order valence-corrected chi connectivity index (χ2v) is 4.48. The Kier molecular flexibility index (Phi) is 3.09. The average molecular weight is 216 g/mol. The van der Waals surface area contributed by atoms with Crippen molar-refractivity contribution in [1.82, 2.24) is 0 Å². The van der Waals surface area contributed by atoms with E-state index < -0.39 is 0 Å². The molecule has 0 heterocycles. The Morgan fingerprint density at radius 1 is 1.25 bits per heavy atom. The smallest absolute Gasteiger partial charge is 0.317 e. The molecule has 0 saturated heterocycles. The van der Waals surface area contributed by atoms with Crippen molar-refractivity contribution in [2.24, 2.45) is 5.41 Å². The lowest BCUT2D eigenvalue weighted by Crippen LogP contribution is -2.32. The number of esters is 1. The van der Waals surface area contributed by atoms with Crippen LogP contribution >= 0.6 is 0 Å². The number of ether oxygens (including phenoxy) is 1. The maximum atomic E-state index is 12.0. The molecule has 0 amide bonds. The fourth-order valence-corrected chi connectivity index (χ4v) is 1.87. The van der Waals surface area contributed by atoms with Crippen LogP contribution in [0, 0.1) is 5.41 Å². The number of para-hydroxylation sites is 1. The van der Waals surface area contributed by atoms with E-state index in [0.29, 0.717) is 5.75 Å². The largest absolute Gasteiger partial charge is 0.426 e. The van der Waals surface area contributed by atoms with Gasteiger partial charge in [0.2, 0.25) is 0 Å². The third-order valence-electron chi connectivity index (χ3n) is 3.04. The minimum atomic E-state index is -0.357. The van der Waals surface area contributed by atoms with Crippen LogP contribution in [0.4, 0.5) is 0 Å². The van der Waals surface area contributed by atoms with Crippen molar-refractivity contribution in [1.29, 1.82) is 0 Å². The van der Waals surface area contributed by atoms with Crippen LogP contribution in [0.25, 0.3) is 0 Å². The Bertz CT molecular complexity index is 394. The van der Waals surface area contributed by atoms with Crippen LogP contribution in [-0.2, 0) is 4.79 Å². The van der Waals surface area contributed by atoms with Gasteiger partial charge >= 0.3 is 5.97 Å². The van der Waals surface area contributed by atoms with E-state index in [4.69, 9.17) is 4.74 Å². The molecule has 16 heavy (non-hydrogen) atoms. The van der Waals surface area contributed by atoms with Crippen LogP contribution in [0.5, 0.6) is 5.75 Å². The molecule has 2 heteroatoms. The van der Waals surface area contributed by atoms with Crippen LogP contribution in [0.3, 0.4) is 0 Å². The summed E-state index contributed by atoms with van der Waals surface area (Å²) < 4.78 is 5.38. The molecule has 1 aromatic rings. The highest BCUT2D eigenvalue weighted by Gasteiger charge is 2.34. The van der Waals surface area contributed by atoms with E-state index in [2.05, 4.69) is 12.2 Å². The molecule has 1 aromatic carbocycles. The SMILES string of the molecule is CC1(C(=O)Oc2ccccc2)CC=CCC1. The summed E-state index contributed by atoms with van der Waals surface area (Å²) >= 11 is 0. The van der Waals surface area contributed by atoms with E-state index in [1.165, 1.54) is 0 Å². The van der Waals surface area contributed by atoms with Crippen molar-refractivity contribution in [3.8, 4) is 5.75 Å². The fraction of sp³-hybridized carbons (Fsp3) is 0.357. The molecule has 1 aliphatic rings. The Morgan fingerprint density at radius 3 is 2.62 bits per heavy atom. The van der Waals surface area contributed by atoms with Gasteiger partial charge in [0.25, 0.3) is 0 Å². The third-order valence-corrected chi connectivity index (χ3v) is 3.04. The summed E-state index contributed by atoms with van der Waals surface area (Å²) in [5.74, 6) is 0.506. The zero-order valence-corrected chi connectivity index (χ0v) is 9.48. The molecule has 0 aromatic heterocycles. The molecule has 0 saturated carbocycles. The fourth-order valence-electron chi connectivity index (χ4n) is 1.87. The summed E-state index contributed by atoms with van der Waals surface area (Å²) in [4.78, 5) is 12.0. The summed E-state index contributed by atoms with van der Waals surface area (Å²) in [7, 11) is 0. The van der Waals surface area contributed by atoms with E-state index in [-0.39, 0.29) is 11.4 Å². The van der Waals surface area contributed by atoms with Crippen LogP contribution in [0.2, 0.25) is 0 Å². The van der Waals surface area contributed by atoms with Gasteiger partial charge in [-0.25, -0.2) is 0 Å². The molecule has 1 unspecified atom stereocenters. The van der Waals surface area contributed by atoms with Gasteiger partial charge in [0.05, 0.1) is 5.41 Å². The molecule has 0 aliphatic heterocycles. The van der Waals surface area contributed by atoms with Gasteiger partial charge < -0.3 is 4.74 Å². The predicted molar refractivity (Wildman–Crippen MR) is 63.2 cm³/mol. The average Bonchev–Trinajstić information content (AvgIpc) is 2.31. The molecule has 1 atom stereocenters. The molecule has 84 valence electrons. The highest BCUT2D eigenvalue weighted by Crippen LogP contribution is 2.33. The van der Waals surface area contributed by atoms with Gasteiger partial charge in [-0.15, -0.1) is 0 Å². The van der Waals surface area contributed by atoms with Gasteiger partial charge in [0.1, 0.15) is 5.75 Å². The molecule has 2 nitrogen and oxygen atoms in total. The number of rotatable bonds is 2. The highest BCUT2D eigenvalue weighted by atomic mass is 16.5. The summed E-state index contributed by atoms with van der Waals surface area (Å²) in [6.45, 7) is 1.97. The lowest BCUT2D eigenvalue weighted by atomic mass is 9.79. The van der Waals surface area contributed by atoms with E-state index in [9.17, 15) is 4.79 Å². The Labute approximate surface area is 95.9 Å². The lowest BCUT2D eigenvalue weighted by molar-refractivity contribution is -0.145. The zero-order chi connectivity index (χ0) is 11.4. The van der Waals surface area contributed by atoms with E-state index in [0.717, 1.165) is 19.3 Å². The highest BCUT2D eigenvalue weighted by molar-refractivity contribution is 5.79. The van der Waals surface area contributed by atoms with E-state index >= 15 is 0 Å². The Morgan fingerprint density at radius 2 is 2.00 bits per heavy atom. The van der Waals surface area contributed by atoms with E-state index in [1.54, 1.807) is 12.1 Å². The lowest BCUT2D eigenvalue weighted by Gasteiger charge is -2.27. The topological polar surface area (TPSA) is 26.3 Å². The first kappa shape index (κ1) is 10.9. The zero-order valence-electron chi connectivity index (χ0n) is 9.48. The van der Waals surface area contributed by atoms with Crippen molar-refractivity contribution in [3.63, 3.8) is 0 Å². The normalized spacial score (nSPS) is 24.1. The molecular weight excluding hydrogens is 200 g/mol. The van der Waals surface area contributed by atoms with Gasteiger partial charge in [-0.3, -0.25) is 4.79 Å². The minimum Gasteiger partial charge on any atom is -0.426 e. The summed E-state index contributed by atoms with van der Waals surface area (Å²) in [5.41, 5.74) is -0.357. The number of allylic oxidation sites excluding steroid dienone is 2.